The lowest BCUT2D eigenvalue weighted by molar-refractivity contribution is -0.217. The molecule has 2 heterocycles. The van der Waals surface area contributed by atoms with Gasteiger partial charge >= 0.3 is 0 Å². The average molecular weight is 538 g/mol. The summed E-state index contributed by atoms with van der Waals surface area (Å²) in [6, 6.07) is 5.67. The highest BCUT2D eigenvalue weighted by molar-refractivity contribution is 5.98. The van der Waals surface area contributed by atoms with E-state index >= 15 is 0 Å². The third-order valence-corrected chi connectivity index (χ3v) is 6.28. The van der Waals surface area contributed by atoms with E-state index in [2.05, 4.69) is 20.1 Å². The molecule has 1 aromatic carbocycles. The van der Waals surface area contributed by atoms with Gasteiger partial charge in [0.1, 0.15) is 36.6 Å². The minimum Gasteiger partial charge on any atom is -0.387 e. The lowest BCUT2D eigenvalue weighted by Gasteiger charge is -2.39. The van der Waals surface area contributed by atoms with Gasteiger partial charge in [-0.1, -0.05) is 10.2 Å². The molecule has 2 fully saturated rings. The number of likely N-dealkylation sites (N-methyl/N-ethyl adjacent to an activating group) is 2. The molecule has 0 spiro atoms. The standard InChI is InChI=1S/C20H26N8O10/c1-27(19(35)15-11(31)9(29)13(33)17(37-15)23-25-21)7-3-5-8(6-4-7)28(2)20(36)16-12(32)10(30)14(34)18(38-16)24-26-22/h3-6,9-18,29-34H,1-2H3/t9-,10-,11-,12-,13+,14+,15-,16-,17-,18-/m0/s1. The van der Waals surface area contributed by atoms with Crippen LogP contribution in [0.15, 0.2) is 34.5 Å². The number of aliphatic hydroxyl groups excluding tert-OH is 6. The molecule has 2 aliphatic rings. The second-order valence-corrected chi connectivity index (χ2v) is 8.56. The molecule has 10 atom stereocenters. The Morgan fingerprint density at radius 3 is 1.29 bits per heavy atom. The molecule has 0 radical (unpaired) electrons. The zero-order valence-electron chi connectivity index (χ0n) is 20.0. The summed E-state index contributed by atoms with van der Waals surface area (Å²) < 4.78 is 10.4. The number of hydrogen-bond donors (Lipinski definition) is 6. The van der Waals surface area contributed by atoms with Crippen LogP contribution in [-0.2, 0) is 19.1 Å². The van der Waals surface area contributed by atoms with Crippen molar-refractivity contribution in [2.45, 2.75) is 61.3 Å². The van der Waals surface area contributed by atoms with Gasteiger partial charge in [-0.05, 0) is 35.3 Å². The summed E-state index contributed by atoms with van der Waals surface area (Å²) >= 11 is 0. The lowest BCUT2D eigenvalue weighted by atomic mass is 9.97. The molecule has 3 rings (SSSR count). The van der Waals surface area contributed by atoms with E-state index in [4.69, 9.17) is 20.5 Å². The highest BCUT2D eigenvalue weighted by Crippen LogP contribution is 2.28. The number of hydrogen-bond acceptors (Lipinski definition) is 12. The highest BCUT2D eigenvalue weighted by Gasteiger charge is 2.48. The summed E-state index contributed by atoms with van der Waals surface area (Å²) in [6.45, 7) is 0. The van der Waals surface area contributed by atoms with Gasteiger partial charge in [-0.2, -0.15) is 0 Å². The largest absolute Gasteiger partial charge is 0.387 e. The Bertz CT molecular complexity index is 1040. The Morgan fingerprint density at radius 2 is 1.00 bits per heavy atom. The smallest absolute Gasteiger partial charge is 0.258 e. The third-order valence-electron chi connectivity index (χ3n) is 6.28. The van der Waals surface area contributed by atoms with Crippen molar-refractivity contribution in [3.63, 3.8) is 0 Å². The van der Waals surface area contributed by atoms with Crippen molar-refractivity contribution in [2.24, 2.45) is 10.2 Å². The van der Waals surface area contributed by atoms with Gasteiger partial charge in [0.25, 0.3) is 11.8 Å². The minimum atomic E-state index is -1.82. The Kier molecular flexibility index (Phi) is 9.08. The van der Waals surface area contributed by atoms with Crippen molar-refractivity contribution in [1.82, 2.24) is 0 Å². The van der Waals surface area contributed by atoms with E-state index in [-0.39, 0.29) is 11.4 Å². The van der Waals surface area contributed by atoms with Crippen molar-refractivity contribution in [2.75, 3.05) is 23.9 Å². The fourth-order valence-corrected chi connectivity index (χ4v) is 3.96. The van der Waals surface area contributed by atoms with Gasteiger partial charge in [0, 0.05) is 35.3 Å². The predicted octanol–water partition coefficient (Wildman–Crippen LogP) is -2.15. The molecule has 0 saturated carbocycles. The van der Waals surface area contributed by atoms with Gasteiger partial charge in [-0.3, -0.25) is 9.59 Å². The zero-order valence-corrected chi connectivity index (χ0v) is 20.0. The molecule has 2 amide bonds. The molecule has 0 aromatic heterocycles. The number of aliphatic hydroxyl groups is 6. The highest BCUT2D eigenvalue weighted by atomic mass is 16.6. The van der Waals surface area contributed by atoms with Crippen LogP contribution in [-0.4, -0.2) is 118 Å². The fraction of sp³-hybridized carbons (Fsp3) is 0.600. The summed E-state index contributed by atoms with van der Waals surface area (Å²) in [4.78, 5) is 33.0. The molecular weight excluding hydrogens is 512 g/mol. The molecular formula is C20H26N8O10. The molecule has 206 valence electrons. The van der Waals surface area contributed by atoms with Crippen LogP contribution in [0.25, 0.3) is 20.9 Å². The molecule has 2 saturated heterocycles. The summed E-state index contributed by atoms with van der Waals surface area (Å²) in [5, 5.41) is 66.6. The number of benzene rings is 1. The fourth-order valence-electron chi connectivity index (χ4n) is 3.96. The van der Waals surface area contributed by atoms with Gasteiger partial charge in [0.05, 0.1) is 0 Å². The van der Waals surface area contributed by atoms with E-state index in [0.29, 0.717) is 0 Å². The van der Waals surface area contributed by atoms with Crippen LogP contribution < -0.4 is 9.80 Å². The maximum Gasteiger partial charge on any atom is 0.258 e. The Labute approximate surface area is 214 Å². The van der Waals surface area contributed by atoms with Crippen molar-refractivity contribution >= 4 is 23.2 Å². The first-order valence-corrected chi connectivity index (χ1v) is 11.1. The molecule has 18 nitrogen and oxygen atoms in total. The Balaban J connectivity index is 1.74. The van der Waals surface area contributed by atoms with E-state index in [1.165, 1.54) is 38.4 Å². The van der Waals surface area contributed by atoms with Crippen LogP contribution in [0.4, 0.5) is 11.4 Å². The second-order valence-electron chi connectivity index (χ2n) is 8.56. The minimum absolute atomic E-state index is 0.257. The summed E-state index contributed by atoms with van der Waals surface area (Å²) in [7, 11) is 2.66. The van der Waals surface area contributed by atoms with Crippen LogP contribution in [0, 0.1) is 0 Å². The maximum absolute atomic E-state index is 12.9. The van der Waals surface area contributed by atoms with Gasteiger partial charge in [0.2, 0.25) is 0 Å². The van der Waals surface area contributed by atoms with Gasteiger partial charge in [0.15, 0.2) is 24.7 Å². The third kappa shape index (κ3) is 5.50. The number of azide groups is 2. The van der Waals surface area contributed by atoms with Crippen molar-refractivity contribution in [1.29, 1.82) is 0 Å². The number of nitrogens with zero attached hydrogens (tertiary/aromatic N) is 8. The van der Waals surface area contributed by atoms with Crippen LogP contribution in [0.1, 0.15) is 0 Å². The molecule has 0 aliphatic carbocycles. The zero-order chi connectivity index (χ0) is 28.3. The number of anilines is 2. The molecule has 1 aromatic rings. The molecule has 18 heteroatoms. The Hall–Kier alpha value is -3.54. The van der Waals surface area contributed by atoms with Crippen LogP contribution in [0.3, 0.4) is 0 Å². The Morgan fingerprint density at radius 1 is 0.684 bits per heavy atom. The number of ether oxygens (including phenoxy) is 2. The molecule has 0 unspecified atom stereocenters. The molecule has 0 bridgehead atoms. The first-order chi connectivity index (χ1) is 17.9. The summed E-state index contributed by atoms with van der Waals surface area (Å²) in [5.41, 5.74) is 17.7. The summed E-state index contributed by atoms with van der Waals surface area (Å²) in [6.07, 6.45) is -17.4. The predicted molar refractivity (Wildman–Crippen MR) is 125 cm³/mol. The number of rotatable bonds is 6. The monoisotopic (exact) mass is 538 g/mol. The van der Waals surface area contributed by atoms with E-state index in [0.717, 1.165) is 9.80 Å². The van der Waals surface area contributed by atoms with Crippen molar-refractivity contribution < 1.29 is 49.7 Å². The second kappa shape index (κ2) is 11.9. The number of carbonyl (C=O) groups is 2. The normalized spacial score (nSPS) is 34.8. The summed E-state index contributed by atoms with van der Waals surface area (Å²) in [5.74, 6) is -1.68. The van der Waals surface area contributed by atoms with Crippen molar-refractivity contribution in [3.05, 3.63) is 45.2 Å². The average Bonchev–Trinajstić information content (AvgIpc) is 2.92. The van der Waals surface area contributed by atoms with Crippen molar-refractivity contribution in [3.8, 4) is 0 Å². The van der Waals surface area contributed by atoms with E-state index < -0.39 is 73.1 Å². The van der Waals surface area contributed by atoms with Gasteiger partial charge in [-0.15, -0.1) is 0 Å². The van der Waals surface area contributed by atoms with Crippen LogP contribution in [0.5, 0.6) is 0 Å². The lowest BCUT2D eigenvalue weighted by Crippen LogP contribution is -2.61. The topological polar surface area (TPSA) is 278 Å². The maximum atomic E-state index is 12.9. The van der Waals surface area contributed by atoms with E-state index in [1.54, 1.807) is 0 Å². The number of amides is 2. The number of carbonyl (C=O) groups excluding carboxylic acids is 2. The van der Waals surface area contributed by atoms with Gasteiger partial charge in [-0.25, -0.2) is 0 Å². The SMILES string of the molecule is CN(C(=O)[C@H]1O[C@H](N=[N+]=[N-])[C@H](O)[C@@H](O)[C@@H]1O)c1ccc(N(C)C(=O)[C@H]2O[C@H](N=[N+]=[N-])[C@H](O)[C@@H](O)[C@@H]2O)cc1. The molecule has 2 aliphatic heterocycles. The van der Waals surface area contributed by atoms with Crippen LogP contribution in [0.2, 0.25) is 0 Å². The van der Waals surface area contributed by atoms with E-state index in [9.17, 15) is 40.2 Å². The van der Waals surface area contributed by atoms with Gasteiger partial charge < -0.3 is 49.9 Å². The van der Waals surface area contributed by atoms with Crippen LogP contribution >= 0.6 is 0 Å². The molecule has 38 heavy (non-hydrogen) atoms. The molecule has 6 N–H and O–H groups in total. The first kappa shape index (κ1) is 29.0. The quantitative estimate of drug-likeness (QED) is 0.130. The van der Waals surface area contributed by atoms with E-state index in [1.807, 2.05) is 0 Å². The first-order valence-electron chi connectivity index (χ1n) is 11.1.